The number of ether oxygens (including phenoxy) is 1. The number of hydrogen-bond donors (Lipinski definition) is 1. The Hall–Kier alpha value is -3.02. The van der Waals surface area contributed by atoms with Crippen molar-refractivity contribution in [3.05, 3.63) is 65.1 Å². The van der Waals surface area contributed by atoms with Crippen LogP contribution in [-0.4, -0.2) is 24.1 Å². The Kier molecular flexibility index (Phi) is 6.30. The summed E-state index contributed by atoms with van der Waals surface area (Å²) < 4.78 is 5.31. The Morgan fingerprint density at radius 1 is 1.00 bits per heavy atom. The predicted octanol–water partition coefficient (Wildman–Crippen LogP) is 4.23. The van der Waals surface area contributed by atoms with Crippen molar-refractivity contribution in [3.63, 3.8) is 0 Å². The molecule has 1 aliphatic carbocycles. The van der Waals surface area contributed by atoms with Gasteiger partial charge in [0.25, 0.3) is 0 Å². The molecule has 1 N–H and O–H groups in total. The molecule has 0 spiro atoms. The van der Waals surface area contributed by atoms with Crippen molar-refractivity contribution in [1.29, 1.82) is 0 Å². The molecular weight excluding hydrogens is 344 g/mol. The zero-order valence-electron chi connectivity index (χ0n) is 15.0. The fourth-order valence-electron chi connectivity index (χ4n) is 3.30. The van der Waals surface area contributed by atoms with Gasteiger partial charge in [-0.25, -0.2) is 4.79 Å². The van der Waals surface area contributed by atoms with Crippen molar-refractivity contribution >= 4 is 12.0 Å². The van der Waals surface area contributed by atoms with Gasteiger partial charge in [-0.1, -0.05) is 54.6 Å². The summed E-state index contributed by atoms with van der Waals surface area (Å²) in [5.41, 5.74) is 2.95. The Labute approximate surface area is 157 Å². The smallest absolute Gasteiger partial charge is 0.408 e. The van der Waals surface area contributed by atoms with Crippen LogP contribution in [-0.2, 0) is 16.0 Å². The van der Waals surface area contributed by atoms with E-state index >= 15 is 0 Å². The van der Waals surface area contributed by atoms with Crippen LogP contribution in [0.15, 0.2) is 59.8 Å². The quantitative estimate of drug-likeness (QED) is 0.776. The third-order valence-corrected chi connectivity index (χ3v) is 4.76. The first-order valence-corrected chi connectivity index (χ1v) is 9.14. The number of nitrogens with one attached hydrogen (secondary N) is 1. The van der Waals surface area contributed by atoms with Gasteiger partial charge in [-0.15, -0.1) is 4.91 Å². The van der Waals surface area contributed by atoms with Gasteiger partial charge in [-0.3, -0.25) is 4.79 Å². The molecule has 0 aliphatic heterocycles. The molecule has 3 rings (SSSR count). The van der Waals surface area contributed by atoms with Crippen molar-refractivity contribution < 1.29 is 14.3 Å². The molecule has 2 aromatic rings. The second-order valence-corrected chi connectivity index (χ2v) is 6.71. The van der Waals surface area contributed by atoms with E-state index in [4.69, 9.17) is 4.74 Å². The topological polar surface area (TPSA) is 84.8 Å². The lowest BCUT2D eigenvalue weighted by Crippen LogP contribution is -2.42. The summed E-state index contributed by atoms with van der Waals surface area (Å²) in [5.74, 6) is -0.912. The molecule has 1 aliphatic rings. The summed E-state index contributed by atoms with van der Waals surface area (Å²) in [6, 6.07) is 16.5. The highest BCUT2D eigenvalue weighted by Gasteiger charge is 2.25. The maximum absolute atomic E-state index is 12.0. The minimum absolute atomic E-state index is 0.116. The van der Waals surface area contributed by atoms with Crippen molar-refractivity contribution in [2.45, 2.75) is 44.2 Å². The molecule has 6 nitrogen and oxygen atoms in total. The Morgan fingerprint density at radius 3 is 2.26 bits per heavy atom. The lowest BCUT2D eigenvalue weighted by atomic mass is 10.0. The van der Waals surface area contributed by atoms with Crippen LogP contribution in [0.1, 0.15) is 31.2 Å². The van der Waals surface area contributed by atoms with Gasteiger partial charge in [-0.2, -0.15) is 0 Å². The lowest BCUT2D eigenvalue weighted by molar-refractivity contribution is -0.119. The minimum atomic E-state index is -1.03. The number of benzene rings is 2. The van der Waals surface area contributed by atoms with E-state index in [0.717, 1.165) is 42.4 Å². The van der Waals surface area contributed by atoms with Crippen LogP contribution in [0.2, 0.25) is 0 Å². The maximum atomic E-state index is 12.0. The number of alkyl carbamates (subject to hydrolysis) is 1. The highest BCUT2D eigenvalue weighted by atomic mass is 16.6. The van der Waals surface area contributed by atoms with Crippen molar-refractivity contribution in [2.75, 3.05) is 0 Å². The number of hydrogen-bond acceptors (Lipinski definition) is 4. The van der Waals surface area contributed by atoms with E-state index in [1.165, 1.54) is 0 Å². The van der Waals surface area contributed by atoms with E-state index in [9.17, 15) is 14.5 Å². The standard InChI is InChI=1S/C21H22N2O4/c24-20(23-26)19(22-21(25)27-18-8-4-5-9-18)14-15-10-12-17(13-11-15)16-6-2-1-3-7-16/h1-3,6-7,10-13,18-19H,4-5,8-9,14H2,(H,22,25). The summed E-state index contributed by atoms with van der Waals surface area (Å²) in [6.07, 6.45) is 3.12. The van der Waals surface area contributed by atoms with Crippen molar-refractivity contribution in [1.82, 2.24) is 5.32 Å². The number of nitroso groups, excluding NO2 is 1. The first-order chi connectivity index (χ1) is 13.2. The van der Waals surface area contributed by atoms with Crippen molar-refractivity contribution in [2.24, 2.45) is 5.18 Å². The lowest BCUT2D eigenvalue weighted by Gasteiger charge is -2.17. The summed E-state index contributed by atoms with van der Waals surface area (Å²) in [4.78, 5) is 34.6. The van der Waals surface area contributed by atoms with Gasteiger partial charge in [0.05, 0.1) is 0 Å². The Balaban J connectivity index is 1.64. The number of carbonyl (C=O) groups is 2. The summed E-state index contributed by atoms with van der Waals surface area (Å²) in [5, 5.41) is 4.96. The molecule has 1 atom stereocenters. The molecule has 2 amide bonds. The number of nitrogens with zero attached hydrogens (tertiary/aromatic N) is 1. The van der Waals surface area contributed by atoms with Gasteiger partial charge in [0.15, 0.2) is 0 Å². The highest BCUT2D eigenvalue weighted by molar-refractivity contribution is 5.86. The van der Waals surface area contributed by atoms with E-state index < -0.39 is 18.0 Å². The summed E-state index contributed by atoms with van der Waals surface area (Å²) in [6.45, 7) is 0. The fraction of sp³-hybridized carbons (Fsp3) is 0.333. The molecule has 0 radical (unpaired) electrons. The molecule has 1 unspecified atom stereocenters. The maximum Gasteiger partial charge on any atom is 0.408 e. The van der Waals surface area contributed by atoms with Gasteiger partial charge in [0.1, 0.15) is 12.1 Å². The second kappa shape index (κ2) is 9.07. The SMILES string of the molecule is O=NC(=O)C(Cc1ccc(-c2ccccc2)cc1)NC(=O)OC1CCCC1. The van der Waals surface area contributed by atoms with Crippen LogP contribution in [0.25, 0.3) is 11.1 Å². The van der Waals surface area contributed by atoms with E-state index in [1.807, 2.05) is 54.6 Å². The molecule has 140 valence electrons. The average molecular weight is 366 g/mol. The third-order valence-electron chi connectivity index (χ3n) is 4.76. The number of carbonyl (C=O) groups excluding carboxylic acids is 2. The molecule has 0 heterocycles. The Bertz CT molecular complexity index is 784. The molecule has 2 aromatic carbocycles. The Morgan fingerprint density at radius 2 is 1.63 bits per heavy atom. The highest BCUT2D eigenvalue weighted by Crippen LogP contribution is 2.22. The largest absolute Gasteiger partial charge is 0.446 e. The van der Waals surface area contributed by atoms with E-state index in [0.29, 0.717) is 0 Å². The van der Waals surface area contributed by atoms with Gasteiger partial charge < -0.3 is 10.1 Å². The molecular formula is C21H22N2O4. The van der Waals surface area contributed by atoms with Crippen LogP contribution in [0.3, 0.4) is 0 Å². The summed E-state index contributed by atoms with van der Waals surface area (Å²) >= 11 is 0. The van der Waals surface area contributed by atoms with Crippen LogP contribution in [0, 0.1) is 4.91 Å². The van der Waals surface area contributed by atoms with Gasteiger partial charge in [-0.05, 0) is 42.4 Å². The normalized spacial score (nSPS) is 15.1. The first-order valence-electron chi connectivity index (χ1n) is 9.14. The molecule has 1 saturated carbocycles. The zero-order chi connectivity index (χ0) is 19.1. The number of amides is 2. The zero-order valence-corrected chi connectivity index (χ0v) is 15.0. The van der Waals surface area contributed by atoms with Crippen LogP contribution >= 0.6 is 0 Å². The van der Waals surface area contributed by atoms with E-state index in [2.05, 4.69) is 10.5 Å². The predicted molar refractivity (Wildman–Crippen MR) is 102 cm³/mol. The average Bonchev–Trinajstić information content (AvgIpc) is 3.21. The van der Waals surface area contributed by atoms with Crippen LogP contribution < -0.4 is 5.32 Å². The van der Waals surface area contributed by atoms with E-state index in [1.54, 1.807) is 0 Å². The molecule has 1 fully saturated rings. The minimum Gasteiger partial charge on any atom is -0.446 e. The molecule has 6 heteroatoms. The second-order valence-electron chi connectivity index (χ2n) is 6.71. The molecule has 0 aromatic heterocycles. The summed E-state index contributed by atoms with van der Waals surface area (Å²) in [7, 11) is 0. The molecule has 0 saturated heterocycles. The fourth-order valence-corrected chi connectivity index (χ4v) is 3.30. The van der Waals surface area contributed by atoms with Gasteiger partial charge in [0, 0.05) is 11.6 Å². The van der Waals surface area contributed by atoms with E-state index in [-0.39, 0.29) is 12.5 Å². The van der Waals surface area contributed by atoms with Crippen LogP contribution in [0.5, 0.6) is 0 Å². The number of rotatable bonds is 6. The molecule has 0 bridgehead atoms. The molecule has 27 heavy (non-hydrogen) atoms. The third kappa shape index (κ3) is 5.23. The van der Waals surface area contributed by atoms with Crippen LogP contribution in [0.4, 0.5) is 4.79 Å². The first kappa shape index (κ1) is 18.8. The van der Waals surface area contributed by atoms with Gasteiger partial charge >= 0.3 is 12.0 Å². The monoisotopic (exact) mass is 366 g/mol. The van der Waals surface area contributed by atoms with Crippen molar-refractivity contribution in [3.8, 4) is 11.1 Å². The van der Waals surface area contributed by atoms with Gasteiger partial charge in [0.2, 0.25) is 0 Å².